The molecule has 11 heavy (non-hydrogen) atoms. The Morgan fingerprint density at radius 1 is 1.36 bits per heavy atom. The van der Waals surface area contributed by atoms with E-state index in [1.807, 2.05) is 0 Å². The summed E-state index contributed by atoms with van der Waals surface area (Å²) < 4.78 is 24.9. The standard InChI is InChI=1S/C6H11O4P/c1-4-8-11(7,9-5-2)10-6-3/h4-5H,1-2,6H2,3H3. The lowest BCUT2D eigenvalue weighted by atomic mass is 10.9. The summed E-state index contributed by atoms with van der Waals surface area (Å²) in [5.41, 5.74) is 0. The quantitative estimate of drug-likeness (QED) is 0.462. The summed E-state index contributed by atoms with van der Waals surface area (Å²) in [5.74, 6) is 0. The highest BCUT2D eigenvalue weighted by Crippen LogP contribution is 2.49. The van der Waals surface area contributed by atoms with Crippen molar-refractivity contribution in [3.63, 3.8) is 0 Å². The zero-order valence-corrected chi connectivity index (χ0v) is 7.25. The minimum Gasteiger partial charge on any atom is -0.404 e. The molecule has 0 heterocycles. The van der Waals surface area contributed by atoms with E-state index in [4.69, 9.17) is 0 Å². The molecular weight excluding hydrogens is 167 g/mol. The van der Waals surface area contributed by atoms with Gasteiger partial charge in [-0.3, -0.25) is 4.52 Å². The molecule has 0 aromatic carbocycles. The Balaban J connectivity index is 4.11. The van der Waals surface area contributed by atoms with Crippen LogP contribution in [-0.2, 0) is 18.1 Å². The number of rotatable bonds is 6. The second-order valence-corrected chi connectivity index (χ2v) is 2.98. The maximum absolute atomic E-state index is 11.2. The van der Waals surface area contributed by atoms with Gasteiger partial charge in [0.25, 0.3) is 0 Å². The van der Waals surface area contributed by atoms with E-state index >= 15 is 0 Å². The van der Waals surface area contributed by atoms with E-state index in [9.17, 15) is 4.57 Å². The predicted octanol–water partition coefficient (Wildman–Crippen LogP) is 2.45. The van der Waals surface area contributed by atoms with E-state index in [1.54, 1.807) is 6.92 Å². The Hall–Kier alpha value is -0.730. The molecule has 0 aliphatic rings. The predicted molar refractivity (Wildman–Crippen MR) is 41.8 cm³/mol. The normalized spacial score (nSPS) is 10.3. The highest BCUT2D eigenvalue weighted by molar-refractivity contribution is 7.48. The second kappa shape index (κ2) is 4.99. The van der Waals surface area contributed by atoms with Gasteiger partial charge in [-0.05, 0) is 6.92 Å². The van der Waals surface area contributed by atoms with Gasteiger partial charge in [0.1, 0.15) is 0 Å². The molecule has 0 atom stereocenters. The van der Waals surface area contributed by atoms with Crippen molar-refractivity contribution in [1.29, 1.82) is 0 Å². The lowest BCUT2D eigenvalue weighted by Crippen LogP contribution is -1.92. The van der Waals surface area contributed by atoms with Crippen molar-refractivity contribution in [2.24, 2.45) is 0 Å². The van der Waals surface area contributed by atoms with Gasteiger partial charge in [-0.2, -0.15) is 0 Å². The molecule has 0 unspecified atom stereocenters. The van der Waals surface area contributed by atoms with Crippen LogP contribution < -0.4 is 0 Å². The molecule has 0 bridgehead atoms. The van der Waals surface area contributed by atoms with Crippen molar-refractivity contribution in [2.45, 2.75) is 6.92 Å². The third kappa shape index (κ3) is 3.86. The van der Waals surface area contributed by atoms with E-state index in [2.05, 4.69) is 26.7 Å². The van der Waals surface area contributed by atoms with Crippen molar-refractivity contribution < 1.29 is 18.1 Å². The molecule has 0 aliphatic heterocycles. The molecule has 4 nitrogen and oxygen atoms in total. The molecule has 0 radical (unpaired) electrons. The van der Waals surface area contributed by atoms with Crippen molar-refractivity contribution >= 4 is 7.82 Å². The van der Waals surface area contributed by atoms with Crippen LogP contribution in [0.5, 0.6) is 0 Å². The van der Waals surface area contributed by atoms with E-state index in [-0.39, 0.29) is 6.61 Å². The van der Waals surface area contributed by atoms with Gasteiger partial charge in [0, 0.05) is 0 Å². The SMILES string of the molecule is C=COP(=O)(OC=C)OCC. The fourth-order valence-electron chi connectivity index (χ4n) is 0.426. The van der Waals surface area contributed by atoms with Crippen LogP contribution in [0.15, 0.2) is 25.7 Å². The fourth-order valence-corrected chi connectivity index (χ4v) is 1.28. The first-order valence-electron chi connectivity index (χ1n) is 3.01. The van der Waals surface area contributed by atoms with Crippen molar-refractivity contribution in [1.82, 2.24) is 0 Å². The van der Waals surface area contributed by atoms with Gasteiger partial charge < -0.3 is 9.05 Å². The van der Waals surface area contributed by atoms with Gasteiger partial charge in [0.2, 0.25) is 0 Å². The first-order valence-corrected chi connectivity index (χ1v) is 4.47. The van der Waals surface area contributed by atoms with E-state index < -0.39 is 7.82 Å². The Morgan fingerprint density at radius 2 is 1.82 bits per heavy atom. The van der Waals surface area contributed by atoms with Gasteiger partial charge in [-0.15, -0.1) is 0 Å². The average Bonchev–Trinajstić information content (AvgIpc) is 1.88. The van der Waals surface area contributed by atoms with E-state index in [0.29, 0.717) is 0 Å². The van der Waals surface area contributed by atoms with Gasteiger partial charge in [0.05, 0.1) is 19.1 Å². The average molecular weight is 178 g/mol. The van der Waals surface area contributed by atoms with Gasteiger partial charge >= 0.3 is 7.82 Å². The molecule has 5 heteroatoms. The molecule has 64 valence electrons. The second-order valence-electron chi connectivity index (χ2n) is 1.41. The van der Waals surface area contributed by atoms with E-state index in [1.165, 1.54) is 0 Å². The van der Waals surface area contributed by atoms with Gasteiger partial charge in [-0.25, -0.2) is 4.57 Å². The summed E-state index contributed by atoms with van der Waals surface area (Å²) in [6.07, 6.45) is 2.00. The Labute approximate surface area is 66.1 Å². The Morgan fingerprint density at radius 3 is 2.09 bits per heavy atom. The summed E-state index contributed by atoms with van der Waals surface area (Å²) in [6, 6.07) is 0. The topological polar surface area (TPSA) is 44.8 Å². The lowest BCUT2D eigenvalue weighted by Gasteiger charge is -2.12. The van der Waals surface area contributed by atoms with Crippen LogP contribution in [0, 0.1) is 0 Å². The summed E-state index contributed by atoms with van der Waals surface area (Å²) in [5, 5.41) is 0. The summed E-state index contributed by atoms with van der Waals surface area (Å²) >= 11 is 0. The first kappa shape index (κ1) is 10.3. The molecule has 0 spiro atoms. The number of hydrogen-bond acceptors (Lipinski definition) is 4. The number of phosphoric acid groups is 1. The third-order valence-electron chi connectivity index (χ3n) is 0.694. The summed E-state index contributed by atoms with van der Waals surface area (Å²) in [7, 11) is -3.46. The lowest BCUT2D eigenvalue weighted by molar-refractivity contribution is 0.187. The van der Waals surface area contributed by atoms with Crippen molar-refractivity contribution in [3.8, 4) is 0 Å². The monoisotopic (exact) mass is 178 g/mol. The van der Waals surface area contributed by atoms with Crippen LogP contribution in [0.4, 0.5) is 0 Å². The summed E-state index contributed by atoms with van der Waals surface area (Å²) in [6.45, 7) is 8.35. The maximum Gasteiger partial charge on any atom is 0.586 e. The fraction of sp³-hybridized carbons (Fsp3) is 0.333. The third-order valence-corrected chi connectivity index (χ3v) is 2.08. The minimum atomic E-state index is -3.46. The number of phosphoric ester groups is 1. The number of hydrogen-bond donors (Lipinski definition) is 0. The molecule has 0 saturated heterocycles. The van der Waals surface area contributed by atoms with E-state index in [0.717, 1.165) is 12.5 Å². The largest absolute Gasteiger partial charge is 0.586 e. The maximum atomic E-state index is 11.2. The highest BCUT2D eigenvalue weighted by Gasteiger charge is 2.25. The molecule has 0 amide bonds. The van der Waals surface area contributed by atoms with Crippen molar-refractivity contribution in [2.75, 3.05) is 6.61 Å². The molecule has 0 aromatic heterocycles. The molecule has 0 aromatic rings. The van der Waals surface area contributed by atoms with Gasteiger partial charge in [-0.1, -0.05) is 13.2 Å². The molecular formula is C6H11O4P. The first-order chi connectivity index (χ1) is 5.18. The Bertz CT molecular complexity index is 163. The zero-order chi connectivity index (χ0) is 8.74. The zero-order valence-electron chi connectivity index (χ0n) is 6.36. The molecule has 0 N–H and O–H groups in total. The molecule has 0 rings (SSSR count). The van der Waals surface area contributed by atoms with Crippen LogP contribution in [0.2, 0.25) is 0 Å². The van der Waals surface area contributed by atoms with Crippen LogP contribution in [0.1, 0.15) is 6.92 Å². The smallest absolute Gasteiger partial charge is 0.404 e. The summed E-state index contributed by atoms with van der Waals surface area (Å²) in [4.78, 5) is 0. The highest BCUT2D eigenvalue weighted by atomic mass is 31.2. The molecule has 0 saturated carbocycles. The van der Waals surface area contributed by atoms with Gasteiger partial charge in [0.15, 0.2) is 0 Å². The van der Waals surface area contributed by atoms with Crippen molar-refractivity contribution in [3.05, 3.63) is 25.7 Å². The minimum absolute atomic E-state index is 0.235. The molecule has 0 aliphatic carbocycles. The van der Waals surface area contributed by atoms with Crippen LogP contribution in [0.25, 0.3) is 0 Å². The Kier molecular flexibility index (Phi) is 4.66. The molecule has 0 fully saturated rings. The van der Waals surface area contributed by atoms with Crippen LogP contribution in [-0.4, -0.2) is 6.61 Å². The van der Waals surface area contributed by atoms with Crippen LogP contribution in [0.3, 0.4) is 0 Å². The van der Waals surface area contributed by atoms with Crippen LogP contribution >= 0.6 is 7.82 Å².